The van der Waals surface area contributed by atoms with Crippen LogP contribution in [0.15, 0.2) is 175 Å². The summed E-state index contributed by atoms with van der Waals surface area (Å²) in [5, 5.41) is 6.18. The highest BCUT2D eigenvalue weighted by Gasteiger charge is 2.37. The number of aryl methyl sites for hydroxylation is 1. The molecule has 0 saturated carbocycles. The largest absolute Gasteiger partial charge is 0.453 e. The van der Waals surface area contributed by atoms with Gasteiger partial charge < -0.3 is 4.74 Å². The molecule has 56 heavy (non-hydrogen) atoms. The molecule has 7 aromatic rings. The molecule has 0 saturated heterocycles. The molecule has 0 bridgehead atoms. The molecule has 0 spiro atoms. The maximum absolute atomic E-state index is 6.76. The van der Waals surface area contributed by atoms with Crippen molar-refractivity contribution in [3.8, 4) is 22.3 Å². The van der Waals surface area contributed by atoms with Gasteiger partial charge >= 0.3 is 0 Å². The molecular weight excluding hydrogens is 681 g/mol. The van der Waals surface area contributed by atoms with Crippen LogP contribution in [0.25, 0.3) is 72.4 Å². The molecule has 3 heteroatoms. The van der Waals surface area contributed by atoms with Crippen LogP contribution in [0.2, 0.25) is 0 Å². The second-order valence-electron chi connectivity index (χ2n) is 15.5. The van der Waals surface area contributed by atoms with Crippen molar-refractivity contribution in [2.75, 3.05) is 0 Å². The van der Waals surface area contributed by atoms with Crippen molar-refractivity contribution in [2.24, 2.45) is 4.99 Å². The van der Waals surface area contributed by atoms with Crippen LogP contribution in [0.1, 0.15) is 58.1 Å². The number of aliphatic imine (C=N–C) groups is 1. The first-order valence-electron chi connectivity index (χ1n) is 19.7. The lowest BCUT2D eigenvalue weighted by Gasteiger charge is -2.36. The molecule has 2 unspecified atom stereocenters. The molecule has 264 valence electrons. The van der Waals surface area contributed by atoms with Gasteiger partial charge in [0, 0.05) is 41.0 Å². The van der Waals surface area contributed by atoms with Crippen molar-refractivity contribution in [3.05, 3.63) is 203 Å². The topological polar surface area (TPSA) is 34.5 Å². The van der Waals surface area contributed by atoms with E-state index < -0.39 is 0 Å². The van der Waals surface area contributed by atoms with Gasteiger partial charge in [0.05, 0.1) is 17.4 Å². The SMILES string of the molecule is C1=CCC2=NC=C(C3=CC(c4ccc5c(c4)CCC=C5)C4C=Cc5c(-c6cnc7ccccc7c6)cc(-c6ccc7ccccc7c6)c6ccc3c4c56)OC2=C1. The standard InChI is InChI=1S/C53H36N2O/c1-3-11-34-25-36(19-17-32(34)9-1)44-28-46(39-27-38-13-5-6-14-48(38)54-30-39)42-22-21-41-45(37-20-18-33-10-2-4-12-35(33)26-37)29-47(43-24-23-40(44)52(42)53(41)43)51-31-55-49-15-7-8-16-50(49)56-51/h1-3,5-11,13-14,16-31,41,45H,4,12,15H2. The molecule has 1 aliphatic heterocycles. The number of benzene rings is 6. The predicted octanol–water partition coefficient (Wildman–Crippen LogP) is 13.3. The number of para-hydroxylation sites is 1. The fourth-order valence-electron chi connectivity index (χ4n) is 9.67. The number of fused-ring (bicyclic) bond motifs is 4. The van der Waals surface area contributed by atoms with Gasteiger partial charge in [-0.05, 0) is 115 Å². The van der Waals surface area contributed by atoms with E-state index in [0.717, 1.165) is 58.5 Å². The number of nitrogens with zero attached hydrogens (tertiary/aromatic N) is 2. The molecule has 2 atom stereocenters. The molecule has 0 fully saturated rings. The predicted molar refractivity (Wildman–Crippen MR) is 232 cm³/mol. The van der Waals surface area contributed by atoms with Gasteiger partial charge in [-0.1, -0.05) is 127 Å². The van der Waals surface area contributed by atoms with Crippen LogP contribution in [-0.4, -0.2) is 10.7 Å². The maximum atomic E-state index is 6.76. The summed E-state index contributed by atoms with van der Waals surface area (Å²) in [5.74, 6) is 1.88. The maximum Gasteiger partial charge on any atom is 0.153 e. The zero-order valence-electron chi connectivity index (χ0n) is 30.7. The van der Waals surface area contributed by atoms with Crippen molar-refractivity contribution in [1.82, 2.24) is 4.98 Å². The molecule has 0 amide bonds. The van der Waals surface area contributed by atoms with E-state index in [-0.39, 0.29) is 11.8 Å². The first kappa shape index (κ1) is 31.5. The highest BCUT2D eigenvalue weighted by atomic mass is 16.5. The Balaban J connectivity index is 1.14. The average molecular weight is 717 g/mol. The number of ether oxygens (including phenoxy) is 1. The third-order valence-corrected chi connectivity index (χ3v) is 12.4. The molecule has 5 aliphatic rings. The van der Waals surface area contributed by atoms with Gasteiger partial charge in [-0.15, -0.1) is 0 Å². The van der Waals surface area contributed by atoms with Crippen molar-refractivity contribution in [3.63, 3.8) is 0 Å². The van der Waals surface area contributed by atoms with Crippen LogP contribution in [0.4, 0.5) is 0 Å². The fourth-order valence-corrected chi connectivity index (χ4v) is 9.67. The van der Waals surface area contributed by atoms with E-state index in [1.807, 2.05) is 12.3 Å². The van der Waals surface area contributed by atoms with Crippen LogP contribution in [0, 0.1) is 0 Å². The van der Waals surface area contributed by atoms with E-state index in [1.54, 1.807) is 0 Å². The summed E-state index contributed by atoms with van der Waals surface area (Å²) in [6.07, 6.45) is 25.1. The Bertz CT molecular complexity index is 3090. The summed E-state index contributed by atoms with van der Waals surface area (Å²) < 4.78 is 6.76. The van der Waals surface area contributed by atoms with Gasteiger partial charge in [0.25, 0.3) is 0 Å². The van der Waals surface area contributed by atoms with E-state index in [9.17, 15) is 0 Å². The zero-order chi connectivity index (χ0) is 36.7. The molecule has 0 radical (unpaired) electrons. The highest BCUT2D eigenvalue weighted by molar-refractivity contribution is 6.12. The molecule has 2 heterocycles. The van der Waals surface area contributed by atoms with Gasteiger partial charge in [0.2, 0.25) is 0 Å². The normalized spacial score (nSPS) is 18.9. The number of aromatic nitrogens is 1. The van der Waals surface area contributed by atoms with Gasteiger partial charge in [-0.2, -0.15) is 0 Å². The Kier molecular flexibility index (Phi) is 6.94. The first-order chi connectivity index (χ1) is 27.7. The fraction of sp³-hybridized carbons (Fsp3) is 0.0943. The van der Waals surface area contributed by atoms with E-state index in [2.05, 4.69) is 158 Å². The highest BCUT2D eigenvalue weighted by Crippen LogP contribution is 2.55. The average Bonchev–Trinajstić information content (AvgIpc) is 3.27. The minimum atomic E-state index is 0.105. The quantitative estimate of drug-likeness (QED) is 0.182. The Hall–Kier alpha value is -6.84. The first-order valence-corrected chi connectivity index (χ1v) is 19.7. The van der Waals surface area contributed by atoms with Gasteiger partial charge in [-0.25, -0.2) is 0 Å². The minimum Gasteiger partial charge on any atom is -0.453 e. The monoisotopic (exact) mass is 716 g/mol. The van der Waals surface area contributed by atoms with E-state index in [1.165, 1.54) is 71.6 Å². The summed E-state index contributed by atoms with van der Waals surface area (Å²) in [4.78, 5) is 9.91. The second-order valence-corrected chi connectivity index (χ2v) is 15.5. The van der Waals surface area contributed by atoms with Crippen LogP contribution in [0.3, 0.4) is 0 Å². The lowest BCUT2D eigenvalue weighted by Crippen LogP contribution is -2.20. The van der Waals surface area contributed by atoms with Crippen LogP contribution >= 0.6 is 0 Å². The number of rotatable bonds is 4. The Labute approximate surface area is 325 Å². The molecule has 3 nitrogen and oxygen atoms in total. The molecule has 6 aromatic carbocycles. The summed E-state index contributed by atoms with van der Waals surface area (Å²) in [7, 11) is 0. The summed E-state index contributed by atoms with van der Waals surface area (Å²) >= 11 is 0. The Morgan fingerprint density at radius 3 is 2.54 bits per heavy atom. The van der Waals surface area contributed by atoms with Crippen LogP contribution in [0.5, 0.6) is 0 Å². The zero-order valence-corrected chi connectivity index (χ0v) is 30.7. The van der Waals surface area contributed by atoms with Gasteiger partial charge in [-0.3, -0.25) is 9.98 Å². The number of hydrogen-bond acceptors (Lipinski definition) is 3. The smallest absolute Gasteiger partial charge is 0.153 e. The number of pyridine rings is 1. The van der Waals surface area contributed by atoms with Crippen LogP contribution in [-0.2, 0) is 11.2 Å². The minimum absolute atomic E-state index is 0.105. The van der Waals surface area contributed by atoms with Crippen molar-refractivity contribution in [2.45, 2.75) is 31.1 Å². The molecule has 4 aliphatic carbocycles. The summed E-state index contributed by atoms with van der Waals surface area (Å²) in [6, 6.07) is 40.5. The second kappa shape index (κ2) is 12.3. The summed E-state index contributed by atoms with van der Waals surface area (Å²) in [5.41, 5.74) is 15.7. The third-order valence-electron chi connectivity index (χ3n) is 12.4. The third kappa shape index (κ3) is 4.90. The number of hydrogen-bond donors (Lipinski definition) is 0. The van der Waals surface area contributed by atoms with Crippen molar-refractivity contribution in [1.29, 1.82) is 0 Å². The molecule has 12 rings (SSSR count). The summed E-state index contributed by atoms with van der Waals surface area (Å²) in [6.45, 7) is 0. The van der Waals surface area contributed by atoms with Gasteiger partial charge in [0.1, 0.15) is 5.76 Å². The van der Waals surface area contributed by atoms with Crippen LogP contribution < -0.4 is 0 Å². The van der Waals surface area contributed by atoms with Crippen molar-refractivity contribution < 1.29 is 4.74 Å². The van der Waals surface area contributed by atoms with E-state index in [0.29, 0.717) is 0 Å². The Morgan fingerprint density at radius 1 is 0.679 bits per heavy atom. The molecule has 1 aromatic heterocycles. The molecule has 0 N–H and O–H groups in total. The van der Waals surface area contributed by atoms with E-state index in [4.69, 9.17) is 14.7 Å². The number of allylic oxidation sites excluding steroid dienone is 8. The molecular formula is C53H36N2O. The van der Waals surface area contributed by atoms with E-state index >= 15 is 0 Å². The van der Waals surface area contributed by atoms with Gasteiger partial charge in [0.15, 0.2) is 5.76 Å². The Morgan fingerprint density at radius 2 is 1.57 bits per heavy atom. The lowest BCUT2D eigenvalue weighted by molar-refractivity contribution is 0.341. The lowest BCUT2D eigenvalue weighted by atomic mass is 9.67. The van der Waals surface area contributed by atoms with Crippen molar-refractivity contribution >= 4 is 55.9 Å².